The minimum atomic E-state index is -4.52. The number of aryl methyl sites for hydroxylation is 1. The molecule has 2 aromatic carbocycles. The summed E-state index contributed by atoms with van der Waals surface area (Å²) in [5, 5.41) is 5.29. The molecule has 0 aliphatic carbocycles. The molecule has 0 spiro atoms. The summed E-state index contributed by atoms with van der Waals surface area (Å²) in [5.74, 6) is -1.05. The predicted octanol–water partition coefficient (Wildman–Crippen LogP) is 3.65. The van der Waals surface area contributed by atoms with Crippen LogP contribution in [0.15, 0.2) is 54.6 Å². The van der Waals surface area contributed by atoms with Crippen molar-refractivity contribution in [1.29, 1.82) is 0 Å². The maximum Gasteiger partial charge on any atom is 0.416 e. The minimum Gasteiger partial charge on any atom is -0.352 e. The lowest BCUT2D eigenvalue weighted by molar-refractivity contribution is -0.137. The number of carbonyl (C=O) groups excluding carboxylic acids is 2. The fourth-order valence-electron chi connectivity index (χ4n) is 3.83. The van der Waals surface area contributed by atoms with Crippen LogP contribution in [0.1, 0.15) is 40.7 Å². The zero-order chi connectivity index (χ0) is 23.0. The lowest BCUT2D eigenvalue weighted by Gasteiger charge is -2.32. The van der Waals surface area contributed by atoms with Gasteiger partial charge in [0.25, 0.3) is 5.91 Å². The SMILES string of the molecule is O=C(CNC(=O)c1cccc(C(F)(F)F)c1)NC1CCN(CCCc2ccccc2)CC1. The molecular formula is C24H28F3N3O2. The first kappa shape index (κ1) is 23.8. The summed E-state index contributed by atoms with van der Waals surface area (Å²) in [5.41, 5.74) is 0.309. The number of rotatable bonds is 8. The lowest BCUT2D eigenvalue weighted by atomic mass is 10.0. The molecule has 2 aromatic rings. The number of nitrogens with zero attached hydrogens (tertiary/aromatic N) is 1. The monoisotopic (exact) mass is 447 g/mol. The molecule has 2 N–H and O–H groups in total. The molecule has 1 heterocycles. The van der Waals surface area contributed by atoms with Gasteiger partial charge in [-0.1, -0.05) is 36.4 Å². The second kappa shape index (κ2) is 11.1. The molecule has 0 aromatic heterocycles. The van der Waals surface area contributed by atoms with Gasteiger partial charge < -0.3 is 15.5 Å². The Balaban J connectivity index is 1.34. The standard InChI is InChI=1S/C24H28F3N3O2/c25-24(26,27)20-10-4-9-19(16-20)23(32)28-17-22(31)29-21-11-14-30(15-12-21)13-5-8-18-6-2-1-3-7-18/h1-4,6-7,9-10,16,21H,5,8,11-15,17H2,(H,28,32)(H,29,31). The number of benzene rings is 2. The van der Waals surface area contributed by atoms with Crippen molar-refractivity contribution in [3.63, 3.8) is 0 Å². The molecule has 32 heavy (non-hydrogen) atoms. The summed E-state index contributed by atoms with van der Waals surface area (Å²) in [6, 6.07) is 14.6. The third kappa shape index (κ3) is 7.37. The third-order valence-electron chi connectivity index (χ3n) is 5.60. The fourth-order valence-corrected chi connectivity index (χ4v) is 3.83. The number of hydrogen-bond acceptors (Lipinski definition) is 3. The Bertz CT molecular complexity index is 895. The third-order valence-corrected chi connectivity index (χ3v) is 5.60. The molecule has 5 nitrogen and oxygen atoms in total. The second-order valence-electron chi connectivity index (χ2n) is 8.03. The molecule has 1 aliphatic rings. The van der Waals surface area contributed by atoms with E-state index in [1.165, 1.54) is 17.7 Å². The van der Waals surface area contributed by atoms with Gasteiger partial charge in [-0.3, -0.25) is 9.59 Å². The number of likely N-dealkylation sites (tertiary alicyclic amines) is 1. The quantitative estimate of drug-likeness (QED) is 0.650. The minimum absolute atomic E-state index is 0.0401. The zero-order valence-electron chi connectivity index (χ0n) is 17.8. The van der Waals surface area contributed by atoms with E-state index in [9.17, 15) is 22.8 Å². The average Bonchev–Trinajstić information content (AvgIpc) is 2.79. The van der Waals surface area contributed by atoms with Gasteiger partial charge in [0, 0.05) is 24.7 Å². The van der Waals surface area contributed by atoms with E-state index in [2.05, 4.69) is 27.7 Å². The zero-order valence-corrected chi connectivity index (χ0v) is 17.8. The molecule has 0 radical (unpaired) electrons. The van der Waals surface area contributed by atoms with Gasteiger partial charge in [-0.25, -0.2) is 0 Å². The maximum atomic E-state index is 12.8. The lowest BCUT2D eigenvalue weighted by Crippen LogP contribution is -2.47. The van der Waals surface area contributed by atoms with Crippen molar-refractivity contribution >= 4 is 11.8 Å². The average molecular weight is 448 g/mol. The van der Waals surface area contributed by atoms with Crippen LogP contribution in [0, 0.1) is 0 Å². The molecule has 172 valence electrons. The van der Waals surface area contributed by atoms with Gasteiger partial charge in [-0.2, -0.15) is 13.2 Å². The van der Waals surface area contributed by atoms with E-state index < -0.39 is 17.6 Å². The van der Waals surface area contributed by atoms with Gasteiger partial charge in [0.05, 0.1) is 12.1 Å². The second-order valence-corrected chi connectivity index (χ2v) is 8.03. The molecule has 0 saturated carbocycles. The van der Waals surface area contributed by atoms with Gasteiger partial charge in [-0.15, -0.1) is 0 Å². The Labute approximate surface area is 186 Å². The van der Waals surface area contributed by atoms with Crippen LogP contribution in [0.25, 0.3) is 0 Å². The van der Waals surface area contributed by atoms with E-state index in [-0.39, 0.29) is 24.1 Å². The summed E-state index contributed by atoms with van der Waals surface area (Å²) in [6.45, 7) is 2.54. The van der Waals surface area contributed by atoms with Crippen molar-refractivity contribution in [1.82, 2.24) is 15.5 Å². The fraction of sp³-hybridized carbons (Fsp3) is 0.417. The first-order chi connectivity index (χ1) is 15.3. The molecule has 2 amide bonds. The number of nitrogens with one attached hydrogen (secondary N) is 2. The summed E-state index contributed by atoms with van der Waals surface area (Å²) in [7, 11) is 0. The Morgan fingerprint density at radius 3 is 2.41 bits per heavy atom. The smallest absolute Gasteiger partial charge is 0.352 e. The Morgan fingerprint density at radius 1 is 1.00 bits per heavy atom. The molecule has 0 atom stereocenters. The van der Waals surface area contributed by atoms with Gasteiger partial charge in [0.2, 0.25) is 5.91 Å². The highest BCUT2D eigenvalue weighted by atomic mass is 19.4. The molecule has 3 rings (SSSR count). The topological polar surface area (TPSA) is 61.4 Å². The first-order valence-corrected chi connectivity index (χ1v) is 10.8. The number of carbonyl (C=O) groups is 2. The summed E-state index contributed by atoms with van der Waals surface area (Å²) in [4.78, 5) is 26.7. The number of alkyl halides is 3. The van der Waals surface area contributed by atoms with Crippen molar-refractivity contribution in [2.24, 2.45) is 0 Å². The summed E-state index contributed by atoms with van der Waals surface area (Å²) < 4.78 is 38.3. The van der Waals surface area contributed by atoms with E-state index in [0.29, 0.717) is 0 Å². The van der Waals surface area contributed by atoms with Crippen LogP contribution in [0.2, 0.25) is 0 Å². The van der Waals surface area contributed by atoms with Crippen molar-refractivity contribution in [2.45, 2.75) is 37.9 Å². The van der Waals surface area contributed by atoms with Crippen LogP contribution in [0.4, 0.5) is 13.2 Å². The summed E-state index contributed by atoms with van der Waals surface area (Å²) >= 11 is 0. The normalized spacial score (nSPS) is 15.3. The Morgan fingerprint density at radius 2 is 1.72 bits per heavy atom. The van der Waals surface area contributed by atoms with Crippen molar-refractivity contribution < 1.29 is 22.8 Å². The van der Waals surface area contributed by atoms with Gasteiger partial charge in [0.1, 0.15) is 0 Å². The van der Waals surface area contributed by atoms with Crippen molar-refractivity contribution in [2.75, 3.05) is 26.2 Å². The number of hydrogen-bond donors (Lipinski definition) is 2. The molecule has 1 saturated heterocycles. The van der Waals surface area contributed by atoms with E-state index in [4.69, 9.17) is 0 Å². The molecule has 8 heteroatoms. The van der Waals surface area contributed by atoms with Crippen LogP contribution < -0.4 is 10.6 Å². The van der Waals surface area contributed by atoms with Gasteiger partial charge in [0.15, 0.2) is 0 Å². The molecule has 0 bridgehead atoms. The van der Waals surface area contributed by atoms with E-state index in [0.717, 1.165) is 57.5 Å². The van der Waals surface area contributed by atoms with Crippen molar-refractivity contribution in [3.05, 3.63) is 71.3 Å². The van der Waals surface area contributed by atoms with Crippen LogP contribution in [0.5, 0.6) is 0 Å². The number of halogens is 3. The van der Waals surface area contributed by atoms with Gasteiger partial charge in [-0.05, 0) is 56.0 Å². The largest absolute Gasteiger partial charge is 0.416 e. The molecule has 1 fully saturated rings. The maximum absolute atomic E-state index is 12.8. The van der Waals surface area contributed by atoms with Crippen molar-refractivity contribution in [3.8, 4) is 0 Å². The predicted molar refractivity (Wildman–Crippen MR) is 116 cm³/mol. The van der Waals surface area contributed by atoms with E-state index in [1.807, 2.05) is 18.2 Å². The molecule has 0 unspecified atom stereocenters. The number of amides is 2. The number of piperidine rings is 1. The van der Waals surface area contributed by atoms with Crippen LogP contribution in [0.3, 0.4) is 0 Å². The Kier molecular flexibility index (Phi) is 8.27. The van der Waals surface area contributed by atoms with Crippen LogP contribution >= 0.6 is 0 Å². The molecule has 1 aliphatic heterocycles. The van der Waals surface area contributed by atoms with Crippen LogP contribution in [-0.4, -0.2) is 48.9 Å². The van der Waals surface area contributed by atoms with E-state index in [1.54, 1.807) is 0 Å². The Hall–Kier alpha value is -2.87. The summed E-state index contributed by atoms with van der Waals surface area (Å²) in [6.07, 6.45) is -0.729. The highest BCUT2D eigenvalue weighted by Gasteiger charge is 2.31. The van der Waals surface area contributed by atoms with Gasteiger partial charge >= 0.3 is 6.18 Å². The first-order valence-electron chi connectivity index (χ1n) is 10.8. The highest BCUT2D eigenvalue weighted by molar-refractivity contribution is 5.96. The molecular weight excluding hydrogens is 419 g/mol. The van der Waals surface area contributed by atoms with E-state index >= 15 is 0 Å². The van der Waals surface area contributed by atoms with Crippen LogP contribution in [-0.2, 0) is 17.4 Å². The highest BCUT2D eigenvalue weighted by Crippen LogP contribution is 2.29.